The lowest BCUT2D eigenvalue weighted by atomic mass is 10.1. The van der Waals surface area contributed by atoms with Crippen LogP contribution >= 0.6 is 0 Å². The number of rotatable bonds is 4. The lowest BCUT2D eigenvalue weighted by Gasteiger charge is -2.33. The maximum Gasteiger partial charge on any atom is 0.239 e. The van der Waals surface area contributed by atoms with E-state index >= 15 is 0 Å². The monoisotopic (exact) mass is 224 g/mol. The zero-order chi connectivity index (χ0) is 12.0. The van der Waals surface area contributed by atoms with E-state index in [1.54, 1.807) is 11.8 Å². The molecule has 0 radical (unpaired) electrons. The molecule has 0 spiro atoms. The van der Waals surface area contributed by atoms with Gasteiger partial charge in [-0.1, -0.05) is 6.92 Å². The molecule has 0 aromatic heterocycles. The van der Waals surface area contributed by atoms with Gasteiger partial charge in [0.1, 0.15) is 5.92 Å². The third-order valence-electron chi connectivity index (χ3n) is 2.81. The van der Waals surface area contributed by atoms with E-state index in [2.05, 4.69) is 6.92 Å². The fraction of sp³-hybridized carbons (Fsp3) is 0.833. The van der Waals surface area contributed by atoms with Crippen molar-refractivity contribution in [3.8, 4) is 6.07 Å². The van der Waals surface area contributed by atoms with Gasteiger partial charge in [-0.3, -0.25) is 4.79 Å². The van der Waals surface area contributed by atoms with Crippen LogP contribution in [-0.2, 0) is 9.53 Å². The Labute approximate surface area is 97.2 Å². The van der Waals surface area contributed by atoms with Gasteiger partial charge in [0.25, 0.3) is 0 Å². The largest absolute Gasteiger partial charge is 0.376 e. The number of hydrogen-bond donors (Lipinski definition) is 0. The molecule has 1 aliphatic heterocycles. The van der Waals surface area contributed by atoms with E-state index < -0.39 is 5.92 Å². The standard InChI is InChI=1S/C12H20N2O2/c1-3-7-16-11-5-4-6-14(9-11)12(15)10(2)8-13/h10-11H,3-7,9H2,1-2H3. The molecule has 0 aliphatic carbocycles. The van der Waals surface area contributed by atoms with Gasteiger partial charge in [0.05, 0.1) is 12.2 Å². The van der Waals surface area contributed by atoms with Gasteiger partial charge in [0, 0.05) is 19.7 Å². The number of piperidine rings is 1. The van der Waals surface area contributed by atoms with E-state index in [0.29, 0.717) is 6.54 Å². The molecular formula is C12H20N2O2. The van der Waals surface area contributed by atoms with Crippen LogP contribution in [-0.4, -0.2) is 36.6 Å². The van der Waals surface area contributed by atoms with Crippen LogP contribution in [0.4, 0.5) is 0 Å². The van der Waals surface area contributed by atoms with Gasteiger partial charge in [0.2, 0.25) is 5.91 Å². The summed E-state index contributed by atoms with van der Waals surface area (Å²) in [5.74, 6) is -0.600. The van der Waals surface area contributed by atoms with Crippen molar-refractivity contribution in [1.82, 2.24) is 4.90 Å². The second-order valence-corrected chi connectivity index (χ2v) is 4.27. The minimum Gasteiger partial charge on any atom is -0.376 e. The highest BCUT2D eigenvalue weighted by Gasteiger charge is 2.26. The van der Waals surface area contributed by atoms with Crippen molar-refractivity contribution in [2.75, 3.05) is 19.7 Å². The summed E-state index contributed by atoms with van der Waals surface area (Å²) in [4.78, 5) is 13.6. The summed E-state index contributed by atoms with van der Waals surface area (Å²) in [5, 5.41) is 8.71. The average molecular weight is 224 g/mol. The molecule has 0 saturated carbocycles. The molecule has 90 valence electrons. The Balaban J connectivity index is 2.44. The van der Waals surface area contributed by atoms with Crippen LogP contribution in [0.5, 0.6) is 0 Å². The van der Waals surface area contributed by atoms with Gasteiger partial charge in [-0.2, -0.15) is 5.26 Å². The SMILES string of the molecule is CCCOC1CCCN(C(=O)C(C)C#N)C1. The third kappa shape index (κ3) is 3.49. The van der Waals surface area contributed by atoms with Gasteiger partial charge in [-0.25, -0.2) is 0 Å². The molecule has 4 nitrogen and oxygen atoms in total. The Morgan fingerprint density at radius 1 is 1.69 bits per heavy atom. The van der Waals surface area contributed by atoms with E-state index in [4.69, 9.17) is 10.00 Å². The lowest BCUT2D eigenvalue weighted by molar-refractivity contribution is -0.137. The van der Waals surface area contributed by atoms with Gasteiger partial charge >= 0.3 is 0 Å². The first-order valence-electron chi connectivity index (χ1n) is 5.99. The number of amides is 1. The molecule has 0 N–H and O–H groups in total. The molecule has 2 atom stereocenters. The second kappa shape index (κ2) is 6.49. The summed E-state index contributed by atoms with van der Waals surface area (Å²) in [5.41, 5.74) is 0. The normalized spacial score (nSPS) is 22.6. The van der Waals surface area contributed by atoms with Crippen molar-refractivity contribution in [1.29, 1.82) is 5.26 Å². The first-order chi connectivity index (χ1) is 7.69. The number of nitrogens with zero attached hydrogens (tertiary/aromatic N) is 2. The minimum atomic E-state index is -0.537. The van der Waals surface area contributed by atoms with Crippen LogP contribution in [0, 0.1) is 17.2 Å². The van der Waals surface area contributed by atoms with Crippen molar-refractivity contribution >= 4 is 5.91 Å². The average Bonchev–Trinajstić information content (AvgIpc) is 2.34. The van der Waals surface area contributed by atoms with Gasteiger partial charge in [-0.05, 0) is 26.2 Å². The summed E-state index contributed by atoms with van der Waals surface area (Å²) in [6.07, 6.45) is 3.14. The molecule has 1 aliphatic rings. The number of hydrogen-bond acceptors (Lipinski definition) is 3. The maximum absolute atomic E-state index is 11.8. The molecule has 0 aromatic carbocycles. The summed E-state index contributed by atoms with van der Waals surface area (Å²) >= 11 is 0. The summed E-state index contributed by atoms with van der Waals surface area (Å²) < 4.78 is 5.65. The molecular weight excluding hydrogens is 204 g/mol. The second-order valence-electron chi connectivity index (χ2n) is 4.27. The van der Waals surface area contributed by atoms with E-state index in [1.165, 1.54) is 0 Å². The number of likely N-dealkylation sites (tertiary alicyclic amines) is 1. The van der Waals surface area contributed by atoms with Crippen LogP contribution in [0.1, 0.15) is 33.1 Å². The molecule has 0 aromatic rings. The molecule has 0 bridgehead atoms. The van der Waals surface area contributed by atoms with Crippen LogP contribution in [0.3, 0.4) is 0 Å². The Kier molecular flexibility index (Phi) is 5.27. The number of nitriles is 1. The fourth-order valence-corrected chi connectivity index (χ4v) is 1.89. The zero-order valence-corrected chi connectivity index (χ0v) is 10.1. The summed E-state index contributed by atoms with van der Waals surface area (Å²) in [7, 11) is 0. The molecule has 1 heterocycles. The van der Waals surface area contributed by atoms with Crippen molar-refractivity contribution in [3.05, 3.63) is 0 Å². The predicted octanol–water partition coefficient (Wildman–Crippen LogP) is 1.56. The first kappa shape index (κ1) is 13.0. The Hall–Kier alpha value is -1.08. The summed E-state index contributed by atoms with van der Waals surface area (Å²) in [6, 6.07) is 1.99. The molecule has 1 fully saturated rings. The van der Waals surface area contributed by atoms with E-state index in [9.17, 15) is 4.79 Å². The van der Waals surface area contributed by atoms with Crippen LogP contribution in [0.15, 0.2) is 0 Å². The van der Waals surface area contributed by atoms with Crippen LogP contribution < -0.4 is 0 Å². The van der Waals surface area contributed by atoms with Crippen molar-refractivity contribution in [3.63, 3.8) is 0 Å². The predicted molar refractivity (Wildman–Crippen MR) is 60.6 cm³/mol. The van der Waals surface area contributed by atoms with Crippen LogP contribution in [0.25, 0.3) is 0 Å². The fourth-order valence-electron chi connectivity index (χ4n) is 1.89. The molecule has 1 rings (SSSR count). The van der Waals surface area contributed by atoms with Crippen molar-refractivity contribution in [2.24, 2.45) is 5.92 Å². The quantitative estimate of drug-likeness (QED) is 0.728. The minimum absolute atomic E-state index is 0.0627. The third-order valence-corrected chi connectivity index (χ3v) is 2.81. The number of ether oxygens (including phenoxy) is 1. The Morgan fingerprint density at radius 3 is 3.06 bits per heavy atom. The summed E-state index contributed by atoms with van der Waals surface area (Å²) in [6.45, 7) is 5.88. The number of carbonyl (C=O) groups excluding carboxylic acids is 1. The molecule has 1 saturated heterocycles. The van der Waals surface area contributed by atoms with Crippen LogP contribution in [0.2, 0.25) is 0 Å². The highest BCUT2D eigenvalue weighted by Crippen LogP contribution is 2.15. The maximum atomic E-state index is 11.8. The zero-order valence-electron chi connectivity index (χ0n) is 10.1. The van der Waals surface area contributed by atoms with Gasteiger partial charge < -0.3 is 9.64 Å². The van der Waals surface area contributed by atoms with E-state index in [-0.39, 0.29) is 12.0 Å². The van der Waals surface area contributed by atoms with Gasteiger partial charge in [-0.15, -0.1) is 0 Å². The van der Waals surface area contributed by atoms with Crippen molar-refractivity contribution in [2.45, 2.75) is 39.2 Å². The molecule has 1 amide bonds. The number of carbonyl (C=O) groups is 1. The molecule has 4 heteroatoms. The van der Waals surface area contributed by atoms with Gasteiger partial charge in [0.15, 0.2) is 0 Å². The highest BCUT2D eigenvalue weighted by atomic mass is 16.5. The van der Waals surface area contributed by atoms with E-state index in [1.807, 2.05) is 6.07 Å². The first-order valence-corrected chi connectivity index (χ1v) is 5.99. The topological polar surface area (TPSA) is 53.3 Å². The Bertz CT molecular complexity index is 273. The Morgan fingerprint density at radius 2 is 2.44 bits per heavy atom. The smallest absolute Gasteiger partial charge is 0.239 e. The molecule has 16 heavy (non-hydrogen) atoms. The van der Waals surface area contributed by atoms with E-state index in [0.717, 1.165) is 32.4 Å². The van der Waals surface area contributed by atoms with Crippen molar-refractivity contribution < 1.29 is 9.53 Å². The highest BCUT2D eigenvalue weighted by molar-refractivity contribution is 5.80. The molecule has 2 unspecified atom stereocenters. The lowest BCUT2D eigenvalue weighted by Crippen LogP contribution is -2.45.